The van der Waals surface area contributed by atoms with E-state index >= 15 is 0 Å². The first kappa shape index (κ1) is 10.9. The third-order valence-corrected chi connectivity index (χ3v) is 1.42. The van der Waals surface area contributed by atoms with Gasteiger partial charge < -0.3 is 15.8 Å². The Morgan fingerprint density at radius 2 is 2.33 bits per heavy atom. The fraction of sp³-hybridized carbons (Fsp3) is 0.571. The molecule has 0 heterocycles. The quantitative estimate of drug-likeness (QED) is 0.348. The lowest BCUT2D eigenvalue weighted by Crippen LogP contribution is -2.39. The van der Waals surface area contributed by atoms with Crippen LogP contribution >= 0.6 is 0 Å². The molecule has 0 spiro atoms. The lowest BCUT2D eigenvalue weighted by Gasteiger charge is -2.22. The van der Waals surface area contributed by atoms with Gasteiger partial charge in [-0.1, -0.05) is 6.58 Å². The summed E-state index contributed by atoms with van der Waals surface area (Å²) in [6.45, 7) is 4.07. The van der Waals surface area contributed by atoms with Crippen LogP contribution in [0.5, 0.6) is 0 Å². The van der Waals surface area contributed by atoms with Gasteiger partial charge in [0.1, 0.15) is 5.70 Å². The van der Waals surface area contributed by atoms with Crippen LogP contribution in [0, 0.1) is 0 Å². The molecule has 0 aliphatic carbocycles. The van der Waals surface area contributed by atoms with Crippen LogP contribution in [0.25, 0.3) is 0 Å². The van der Waals surface area contributed by atoms with Crippen LogP contribution < -0.4 is 11.2 Å². The van der Waals surface area contributed by atoms with E-state index in [9.17, 15) is 4.79 Å². The van der Waals surface area contributed by atoms with Crippen molar-refractivity contribution in [2.45, 2.75) is 6.42 Å². The maximum atomic E-state index is 10.6. The number of hydrazine groups is 1. The van der Waals surface area contributed by atoms with Gasteiger partial charge in [-0.2, -0.15) is 0 Å². The molecule has 5 heteroatoms. The normalized spacial score (nSPS) is 9.50. The molecule has 0 aromatic heterocycles. The minimum Gasteiger partial charge on any atom is -0.396 e. The SMILES string of the molecule is C=C(C(N)=O)N(CCCO)NC. The molecule has 4 N–H and O–H groups in total. The van der Waals surface area contributed by atoms with Gasteiger partial charge in [0.15, 0.2) is 0 Å². The molecule has 5 nitrogen and oxygen atoms in total. The summed E-state index contributed by atoms with van der Waals surface area (Å²) in [6.07, 6.45) is 0.563. The second-order valence-electron chi connectivity index (χ2n) is 2.26. The zero-order valence-electron chi connectivity index (χ0n) is 7.21. The van der Waals surface area contributed by atoms with Crippen LogP contribution in [0.1, 0.15) is 6.42 Å². The van der Waals surface area contributed by atoms with Crippen molar-refractivity contribution in [3.8, 4) is 0 Å². The number of nitrogens with two attached hydrogens (primary N) is 1. The van der Waals surface area contributed by atoms with Crippen LogP contribution in [0.2, 0.25) is 0 Å². The van der Waals surface area contributed by atoms with Crippen LogP contribution in [-0.2, 0) is 4.79 Å². The summed E-state index contributed by atoms with van der Waals surface area (Å²) in [5, 5.41) is 10.0. The Bertz CT molecular complexity index is 170. The molecule has 12 heavy (non-hydrogen) atoms. The summed E-state index contributed by atoms with van der Waals surface area (Å²) >= 11 is 0. The third kappa shape index (κ3) is 3.36. The lowest BCUT2D eigenvalue weighted by atomic mass is 10.4. The van der Waals surface area contributed by atoms with Gasteiger partial charge >= 0.3 is 0 Å². The summed E-state index contributed by atoms with van der Waals surface area (Å²) in [5.74, 6) is -0.567. The number of carbonyl (C=O) groups is 1. The number of rotatable bonds is 6. The Morgan fingerprint density at radius 3 is 2.67 bits per heavy atom. The molecular weight excluding hydrogens is 158 g/mol. The molecule has 0 radical (unpaired) electrons. The Balaban J connectivity index is 3.96. The number of carbonyl (C=O) groups excluding carboxylic acids is 1. The molecule has 0 saturated carbocycles. The highest BCUT2D eigenvalue weighted by molar-refractivity contribution is 5.90. The van der Waals surface area contributed by atoms with E-state index in [-0.39, 0.29) is 12.3 Å². The third-order valence-electron chi connectivity index (χ3n) is 1.42. The monoisotopic (exact) mass is 173 g/mol. The van der Waals surface area contributed by atoms with Crippen molar-refractivity contribution in [1.29, 1.82) is 0 Å². The molecule has 0 aromatic rings. The van der Waals surface area contributed by atoms with E-state index in [1.54, 1.807) is 7.05 Å². The van der Waals surface area contributed by atoms with E-state index in [2.05, 4.69) is 12.0 Å². The van der Waals surface area contributed by atoms with Crippen molar-refractivity contribution >= 4 is 5.91 Å². The van der Waals surface area contributed by atoms with Gasteiger partial charge in [-0.15, -0.1) is 0 Å². The first-order chi connectivity index (χ1) is 5.63. The molecule has 0 aromatic carbocycles. The standard InChI is InChI=1S/C7H15N3O2/c1-6(7(8)12)10(9-2)4-3-5-11/h9,11H,1,3-5H2,2H3,(H2,8,12). The van der Waals surface area contributed by atoms with Crippen molar-refractivity contribution in [1.82, 2.24) is 10.4 Å². The van der Waals surface area contributed by atoms with Gasteiger partial charge in [0.25, 0.3) is 5.91 Å². The van der Waals surface area contributed by atoms with Gasteiger partial charge in [-0.3, -0.25) is 4.79 Å². The van der Waals surface area contributed by atoms with Gasteiger partial charge in [-0.05, 0) is 6.42 Å². The molecule has 0 atom stereocenters. The minimum atomic E-state index is -0.567. The predicted molar refractivity (Wildman–Crippen MR) is 45.8 cm³/mol. The van der Waals surface area contributed by atoms with Gasteiger partial charge in [0, 0.05) is 20.2 Å². The number of hydrogen-bond donors (Lipinski definition) is 3. The van der Waals surface area contributed by atoms with E-state index in [4.69, 9.17) is 10.8 Å². The average molecular weight is 173 g/mol. The fourth-order valence-corrected chi connectivity index (χ4v) is 0.744. The maximum absolute atomic E-state index is 10.6. The van der Waals surface area contributed by atoms with Crippen LogP contribution in [0.3, 0.4) is 0 Å². The number of aliphatic hydroxyl groups excluding tert-OH is 1. The van der Waals surface area contributed by atoms with Crippen molar-refractivity contribution < 1.29 is 9.90 Å². The minimum absolute atomic E-state index is 0.0736. The van der Waals surface area contributed by atoms with E-state index in [1.165, 1.54) is 5.01 Å². The molecule has 0 aliphatic rings. The molecule has 0 rings (SSSR count). The average Bonchev–Trinajstić information content (AvgIpc) is 2.05. The van der Waals surface area contributed by atoms with Gasteiger partial charge in [0.2, 0.25) is 0 Å². The Hall–Kier alpha value is -1.07. The van der Waals surface area contributed by atoms with E-state index < -0.39 is 5.91 Å². The van der Waals surface area contributed by atoms with Crippen LogP contribution in [0.4, 0.5) is 0 Å². The van der Waals surface area contributed by atoms with Crippen molar-refractivity contribution in [2.24, 2.45) is 5.73 Å². The molecule has 70 valence electrons. The first-order valence-electron chi connectivity index (χ1n) is 3.68. The van der Waals surface area contributed by atoms with Crippen molar-refractivity contribution in [2.75, 3.05) is 20.2 Å². The zero-order chi connectivity index (χ0) is 9.56. The maximum Gasteiger partial charge on any atom is 0.265 e. The van der Waals surface area contributed by atoms with E-state index in [1.807, 2.05) is 0 Å². The largest absolute Gasteiger partial charge is 0.396 e. The number of amides is 1. The second-order valence-corrected chi connectivity index (χ2v) is 2.26. The first-order valence-corrected chi connectivity index (χ1v) is 3.68. The molecular formula is C7H15N3O2. The highest BCUT2D eigenvalue weighted by atomic mass is 16.3. The van der Waals surface area contributed by atoms with E-state index in [0.29, 0.717) is 13.0 Å². The Morgan fingerprint density at radius 1 is 1.75 bits per heavy atom. The second kappa shape index (κ2) is 5.56. The smallest absolute Gasteiger partial charge is 0.265 e. The number of nitrogens with zero attached hydrogens (tertiary/aromatic N) is 1. The van der Waals surface area contributed by atoms with Gasteiger partial charge in [0.05, 0.1) is 0 Å². The summed E-state index contributed by atoms with van der Waals surface area (Å²) in [4.78, 5) is 10.6. The van der Waals surface area contributed by atoms with Gasteiger partial charge in [-0.25, -0.2) is 5.43 Å². The molecule has 0 unspecified atom stereocenters. The van der Waals surface area contributed by atoms with Crippen LogP contribution in [-0.4, -0.2) is 36.2 Å². The number of aliphatic hydroxyl groups is 1. The molecule has 0 bridgehead atoms. The summed E-state index contributed by atoms with van der Waals surface area (Å²) in [5.41, 5.74) is 7.94. The molecule has 1 amide bonds. The Kier molecular flexibility index (Phi) is 5.07. The topological polar surface area (TPSA) is 78.6 Å². The summed E-state index contributed by atoms with van der Waals surface area (Å²) in [6, 6.07) is 0. The summed E-state index contributed by atoms with van der Waals surface area (Å²) in [7, 11) is 1.66. The van der Waals surface area contributed by atoms with E-state index in [0.717, 1.165) is 0 Å². The Labute approximate surface area is 71.8 Å². The fourth-order valence-electron chi connectivity index (χ4n) is 0.744. The zero-order valence-corrected chi connectivity index (χ0v) is 7.21. The number of nitrogens with one attached hydrogen (secondary N) is 1. The molecule has 0 fully saturated rings. The summed E-state index contributed by atoms with van der Waals surface area (Å²) < 4.78 is 0. The highest BCUT2D eigenvalue weighted by Gasteiger charge is 2.09. The highest BCUT2D eigenvalue weighted by Crippen LogP contribution is 1.96. The number of primary amides is 1. The lowest BCUT2D eigenvalue weighted by molar-refractivity contribution is -0.116. The van der Waals surface area contributed by atoms with Crippen molar-refractivity contribution in [3.05, 3.63) is 12.3 Å². The van der Waals surface area contributed by atoms with Crippen molar-refractivity contribution in [3.63, 3.8) is 0 Å². The number of hydrogen-bond acceptors (Lipinski definition) is 4. The predicted octanol–water partition coefficient (Wildman–Crippen LogP) is -1.20. The molecule has 0 aliphatic heterocycles. The molecule has 0 saturated heterocycles. The van der Waals surface area contributed by atoms with Crippen LogP contribution in [0.15, 0.2) is 12.3 Å².